The van der Waals surface area contributed by atoms with E-state index in [0.29, 0.717) is 26.1 Å². The van der Waals surface area contributed by atoms with E-state index in [2.05, 4.69) is 0 Å². The molecule has 27 heavy (non-hydrogen) atoms. The van der Waals surface area contributed by atoms with Crippen molar-refractivity contribution in [3.05, 3.63) is 0 Å². The first-order valence-corrected chi connectivity index (χ1v) is 9.85. The Morgan fingerprint density at radius 1 is 1.11 bits per heavy atom. The van der Waals surface area contributed by atoms with E-state index >= 15 is 0 Å². The number of rotatable bonds is 4. The Labute approximate surface area is 160 Å². The van der Waals surface area contributed by atoms with Crippen molar-refractivity contribution in [3.63, 3.8) is 0 Å². The maximum Gasteiger partial charge on any atom is 0.195 e. The van der Waals surface area contributed by atoms with E-state index in [1.807, 2.05) is 6.92 Å². The average molecular weight is 388 g/mol. The number of ether oxygens (including phenoxy) is 7. The van der Waals surface area contributed by atoms with E-state index in [1.165, 1.54) is 0 Å². The van der Waals surface area contributed by atoms with Gasteiger partial charge >= 0.3 is 0 Å². The summed E-state index contributed by atoms with van der Waals surface area (Å²) >= 11 is 0. The minimum absolute atomic E-state index is 0.153. The molecule has 4 fully saturated rings. The van der Waals surface area contributed by atoms with E-state index in [1.54, 1.807) is 21.3 Å². The molecule has 0 spiro atoms. The third-order valence-electron chi connectivity index (χ3n) is 6.75. The molecule has 0 bridgehead atoms. The van der Waals surface area contributed by atoms with Crippen LogP contribution in [-0.2, 0) is 33.2 Å². The fraction of sp³-hybridized carbons (Fsp3) is 1.00. The number of aliphatic hydroxyl groups excluding tert-OH is 1. The highest BCUT2D eigenvalue weighted by molar-refractivity contribution is 5.10. The fourth-order valence-corrected chi connectivity index (χ4v) is 5.16. The van der Waals surface area contributed by atoms with Crippen molar-refractivity contribution in [3.8, 4) is 0 Å². The molecule has 0 aromatic carbocycles. The topological polar surface area (TPSA) is 84.8 Å². The third kappa shape index (κ3) is 3.14. The van der Waals surface area contributed by atoms with Gasteiger partial charge in [-0.1, -0.05) is 0 Å². The molecule has 4 saturated heterocycles. The van der Waals surface area contributed by atoms with Gasteiger partial charge in [0.2, 0.25) is 0 Å². The molecule has 0 aliphatic carbocycles. The standard InChI is InChI=1S/C19H32O8/c1-18-14(8-11(22-3)13(26-18)10-21-2)25-12-9-15-19(23-4,6-5-7-24-15)27-16(12)17(18)20/h11-17,20H,5-10H2,1-4H3/t11-,12-,13+,14+,15+,16-,17+,18+,19-/m0/s1. The second-order valence-electron chi connectivity index (χ2n) is 8.21. The Balaban J connectivity index is 1.58. The highest BCUT2D eigenvalue weighted by Crippen LogP contribution is 2.48. The van der Waals surface area contributed by atoms with Crippen LogP contribution in [0.2, 0.25) is 0 Å². The molecule has 156 valence electrons. The molecule has 8 nitrogen and oxygen atoms in total. The van der Waals surface area contributed by atoms with Gasteiger partial charge in [0, 0.05) is 47.2 Å². The van der Waals surface area contributed by atoms with Crippen LogP contribution in [-0.4, -0.2) is 93.8 Å². The fourth-order valence-electron chi connectivity index (χ4n) is 5.16. The zero-order chi connectivity index (χ0) is 19.2. The summed E-state index contributed by atoms with van der Waals surface area (Å²) in [5.74, 6) is -0.831. The van der Waals surface area contributed by atoms with Crippen molar-refractivity contribution in [1.29, 1.82) is 0 Å². The highest BCUT2D eigenvalue weighted by Gasteiger charge is 2.63. The van der Waals surface area contributed by atoms with E-state index in [0.717, 1.165) is 12.8 Å². The SMILES string of the molecule is COC[C@H]1O[C@@]2(C)[C@H](O)[C@H]3O[C@@]4(OC)CCCO[C@@H]4C[C@@H]3O[C@@H]2C[C@@H]1OC. The molecule has 4 heterocycles. The monoisotopic (exact) mass is 388 g/mol. The van der Waals surface area contributed by atoms with Crippen molar-refractivity contribution < 1.29 is 38.3 Å². The number of hydrogen-bond acceptors (Lipinski definition) is 8. The van der Waals surface area contributed by atoms with Gasteiger partial charge in [-0.05, 0) is 13.3 Å². The summed E-state index contributed by atoms with van der Waals surface area (Å²) in [6.45, 7) is 2.97. The Morgan fingerprint density at radius 2 is 1.93 bits per heavy atom. The maximum absolute atomic E-state index is 11.3. The smallest absolute Gasteiger partial charge is 0.195 e. The van der Waals surface area contributed by atoms with Crippen molar-refractivity contribution in [2.24, 2.45) is 0 Å². The molecular formula is C19H32O8. The van der Waals surface area contributed by atoms with E-state index in [-0.39, 0.29) is 30.5 Å². The van der Waals surface area contributed by atoms with Crippen LogP contribution in [0.5, 0.6) is 0 Å². The Bertz CT molecular complexity index is 532. The second kappa shape index (κ2) is 7.50. The van der Waals surface area contributed by atoms with Gasteiger partial charge in [0.05, 0.1) is 24.9 Å². The molecule has 4 rings (SSSR count). The Hall–Kier alpha value is -0.320. The van der Waals surface area contributed by atoms with Crippen molar-refractivity contribution in [2.75, 3.05) is 34.5 Å². The van der Waals surface area contributed by atoms with Gasteiger partial charge in [0.25, 0.3) is 0 Å². The lowest BCUT2D eigenvalue weighted by Crippen LogP contribution is -2.74. The number of hydrogen-bond donors (Lipinski definition) is 1. The van der Waals surface area contributed by atoms with Crippen LogP contribution in [0.15, 0.2) is 0 Å². The van der Waals surface area contributed by atoms with Crippen LogP contribution in [0.1, 0.15) is 32.6 Å². The van der Waals surface area contributed by atoms with Crippen LogP contribution < -0.4 is 0 Å². The summed E-state index contributed by atoms with van der Waals surface area (Å²) < 4.78 is 41.6. The number of methoxy groups -OCH3 is 3. The molecule has 4 aliphatic heterocycles. The summed E-state index contributed by atoms with van der Waals surface area (Å²) in [4.78, 5) is 0. The summed E-state index contributed by atoms with van der Waals surface area (Å²) in [7, 11) is 4.93. The van der Waals surface area contributed by atoms with Gasteiger partial charge in [0.1, 0.15) is 30.0 Å². The van der Waals surface area contributed by atoms with Gasteiger partial charge in [0.15, 0.2) is 5.79 Å². The number of aliphatic hydroxyl groups is 1. The lowest BCUT2D eigenvalue weighted by Gasteiger charge is -2.60. The molecule has 0 aromatic rings. The van der Waals surface area contributed by atoms with Gasteiger partial charge in [-0.25, -0.2) is 0 Å². The van der Waals surface area contributed by atoms with Gasteiger partial charge in [-0.15, -0.1) is 0 Å². The molecule has 0 saturated carbocycles. The molecular weight excluding hydrogens is 356 g/mol. The van der Waals surface area contributed by atoms with Crippen molar-refractivity contribution in [2.45, 2.75) is 86.7 Å². The molecule has 0 radical (unpaired) electrons. The maximum atomic E-state index is 11.3. The van der Waals surface area contributed by atoms with Crippen molar-refractivity contribution >= 4 is 0 Å². The molecule has 0 amide bonds. The lowest BCUT2D eigenvalue weighted by molar-refractivity contribution is -0.408. The number of fused-ring (bicyclic) bond motifs is 3. The van der Waals surface area contributed by atoms with Gasteiger partial charge < -0.3 is 38.3 Å². The van der Waals surface area contributed by atoms with E-state index in [4.69, 9.17) is 33.2 Å². The molecule has 9 atom stereocenters. The Morgan fingerprint density at radius 3 is 2.63 bits per heavy atom. The summed E-state index contributed by atoms with van der Waals surface area (Å²) in [5.41, 5.74) is -0.906. The predicted molar refractivity (Wildman–Crippen MR) is 93.4 cm³/mol. The highest BCUT2D eigenvalue weighted by atomic mass is 16.7. The third-order valence-corrected chi connectivity index (χ3v) is 6.75. The Kier molecular flexibility index (Phi) is 5.55. The molecule has 0 unspecified atom stereocenters. The lowest BCUT2D eigenvalue weighted by atomic mass is 9.75. The zero-order valence-electron chi connectivity index (χ0n) is 16.6. The molecule has 1 N–H and O–H groups in total. The average Bonchev–Trinajstić information content (AvgIpc) is 2.68. The first-order chi connectivity index (χ1) is 13.0. The quantitative estimate of drug-likeness (QED) is 0.751. The molecule has 0 aromatic heterocycles. The van der Waals surface area contributed by atoms with Crippen LogP contribution in [0.3, 0.4) is 0 Å². The van der Waals surface area contributed by atoms with Crippen LogP contribution >= 0.6 is 0 Å². The van der Waals surface area contributed by atoms with Crippen molar-refractivity contribution in [1.82, 2.24) is 0 Å². The zero-order valence-corrected chi connectivity index (χ0v) is 16.6. The largest absolute Gasteiger partial charge is 0.387 e. The summed E-state index contributed by atoms with van der Waals surface area (Å²) in [6, 6.07) is 0. The molecule has 8 heteroatoms. The summed E-state index contributed by atoms with van der Waals surface area (Å²) in [6.07, 6.45) is 0.270. The van der Waals surface area contributed by atoms with E-state index in [9.17, 15) is 5.11 Å². The van der Waals surface area contributed by atoms with Crippen LogP contribution in [0.25, 0.3) is 0 Å². The van der Waals surface area contributed by atoms with Gasteiger partial charge in [-0.3, -0.25) is 0 Å². The summed E-state index contributed by atoms with van der Waals surface area (Å²) in [5, 5.41) is 11.3. The minimum Gasteiger partial charge on any atom is -0.387 e. The van der Waals surface area contributed by atoms with Crippen LogP contribution in [0, 0.1) is 0 Å². The first-order valence-electron chi connectivity index (χ1n) is 9.85. The molecule has 4 aliphatic rings. The predicted octanol–water partition coefficient (Wildman–Crippen LogP) is 0.634. The minimum atomic E-state index is -0.906. The van der Waals surface area contributed by atoms with Crippen LogP contribution in [0.4, 0.5) is 0 Å². The first kappa shape index (κ1) is 20.0. The second-order valence-corrected chi connectivity index (χ2v) is 8.21. The normalized spacial score (nSPS) is 52.6. The van der Waals surface area contributed by atoms with E-state index < -0.39 is 23.6 Å². The van der Waals surface area contributed by atoms with Gasteiger partial charge in [-0.2, -0.15) is 0 Å².